The van der Waals surface area contributed by atoms with Crippen molar-refractivity contribution in [3.8, 4) is 0 Å². The van der Waals surface area contributed by atoms with E-state index in [4.69, 9.17) is 0 Å². The monoisotopic (exact) mass is 266 g/mol. The lowest BCUT2D eigenvalue weighted by molar-refractivity contribution is 0.103. The molecule has 0 atom stereocenters. The summed E-state index contributed by atoms with van der Waals surface area (Å²) in [5.41, 5.74) is 5.09. The third-order valence-corrected chi connectivity index (χ3v) is 3.34. The molecule has 0 saturated heterocycles. The summed E-state index contributed by atoms with van der Waals surface area (Å²) in [5.74, 6) is 0.740. The van der Waals surface area contributed by atoms with Crippen LogP contribution in [-0.2, 0) is 6.42 Å². The van der Waals surface area contributed by atoms with E-state index in [1.54, 1.807) is 0 Å². The van der Waals surface area contributed by atoms with Crippen molar-refractivity contribution in [2.75, 3.05) is 0 Å². The molecule has 2 aromatic rings. The minimum Gasteiger partial charge on any atom is -0.289 e. The lowest BCUT2D eigenvalue weighted by Gasteiger charge is -2.07. The van der Waals surface area contributed by atoms with E-state index in [9.17, 15) is 4.79 Å². The van der Waals surface area contributed by atoms with E-state index < -0.39 is 0 Å². The SMILES string of the molecule is Cc1cc(C)cc(C(=O)c2ccc(CC(C)C)cc2)c1. The number of carbonyl (C=O) groups excluding carboxylic acids is 1. The van der Waals surface area contributed by atoms with Gasteiger partial charge in [0.15, 0.2) is 5.78 Å². The molecule has 0 aliphatic carbocycles. The Morgan fingerprint density at radius 2 is 1.45 bits per heavy atom. The average molecular weight is 266 g/mol. The molecule has 2 aromatic carbocycles. The molecule has 0 fully saturated rings. The van der Waals surface area contributed by atoms with E-state index in [0.717, 1.165) is 28.7 Å². The Kier molecular flexibility index (Phi) is 4.39. The number of aryl methyl sites for hydroxylation is 2. The van der Waals surface area contributed by atoms with E-state index in [0.29, 0.717) is 5.92 Å². The van der Waals surface area contributed by atoms with Gasteiger partial charge in [0.1, 0.15) is 0 Å². The summed E-state index contributed by atoms with van der Waals surface area (Å²) in [6.45, 7) is 8.45. The van der Waals surface area contributed by atoms with Crippen molar-refractivity contribution in [1.82, 2.24) is 0 Å². The van der Waals surface area contributed by atoms with Gasteiger partial charge in [-0.05, 0) is 43.9 Å². The number of benzene rings is 2. The zero-order valence-electron chi connectivity index (χ0n) is 12.7. The minimum absolute atomic E-state index is 0.105. The zero-order chi connectivity index (χ0) is 14.7. The third kappa shape index (κ3) is 3.57. The number of carbonyl (C=O) groups is 1. The molecule has 0 amide bonds. The highest BCUT2D eigenvalue weighted by Gasteiger charge is 2.10. The first kappa shape index (κ1) is 14.5. The molecule has 0 bridgehead atoms. The normalized spacial score (nSPS) is 10.8. The van der Waals surface area contributed by atoms with Crippen LogP contribution < -0.4 is 0 Å². The van der Waals surface area contributed by atoms with Crippen LogP contribution in [0.25, 0.3) is 0 Å². The molecule has 0 unspecified atom stereocenters. The van der Waals surface area contributed by atoms with E-state index >= 15 is 0 Å². The Balaban J connectivity index is 2.24. The molecule has 1 heteroatoms. The molecule has 0 heterocycles. The molecule has 0 aliphatic heterocycles. The van der Waals surface area contributed by atoms with Gasteiger partial charge >= 0.3 is 0 Å². The van der Waals surface area contributed by atoms with Crippen molar-refractivity contribution in [3.05, 3.63) is 70.3 Å². The van der Waals surface area contributed by atoms with E-state index in [2.05, 4.69) is 32.0 Å². The van der Waals surface area contributed by atoms with Gasteiger partial charge in [-0.2, -0.15) is 0 Å². The second-order valence-electron chi connectivity index (χ2n) is 6.00. The first-order valence-electron chi connectivity index (χ1n) is 7.17. The van der Waals surface area contributed by atoms with Crippen LogP contribution in [0, 0.1) is 19.8 Å². The van der Waals surface area contributed by atoms with Crippen LogP contribution in [-0.4, -0.2) is 5.78 Å². The smallest absolute Gasteiger partial charge is 0.193 e. The van der Waals surface area contributed by atoms with Gasteiger partial charge in [0.05, 0.1) is 0 Å². The van der Waals surface area contributed by atoms with Gasteiger partial charge in [0, 0.05) is 11.1 Å². The average Bonchev–Trinajstić information content (AvgIpc) is 2.37. The van der Waals surface area contributed by atoms with Crippen LogP contribution in [0.4, 0.5) is 0 Å². The van der Waals surface area contributed by atoms with Crippen molar-refractivity contribution in [2.45, 2.75) is 34.1 Å². The fourth-order valence-electron chi connectivity index (χ4n) is 2.54. The van der Waals surface area contributed by atoms with Crippen LogP contribution in [0.1, 0.15) is 46.5 Å². The van der Waals surface area contributed by atoms with E-state index in [-0.39, 0.29) is 5.78 Å². The van der Waals surface area contributed by atoms with Crippen LogP contribution in [0.15, 0.2) is 42.5 Å². The molecular formula is C19H22O. The second-order valence-corrected chi connectivity index (χ2v) is 6.00. The van der Waals surface area contributed by atoms with Crippen molar-refractivity contribution in [3.63, 3.8) is 0 Å². The van der Waals surface area contributed by atoms with Gasteiger partial charge in [0.25, 0.3) is 0 Å². The summed E-state index contributed by atoms with van der Waals surface area (Å²) in [6.07, 6.45) is 1.05. The molecule has 0 radical (unpaired) electrons. The van der Waals surface area contributed by atoms with Gasteiger partial charge in [0.2, 0.25) is 0 Å². The van der Waals surface area contributed by atoms with Crippen LogP contribution in [0.2, 0.25) is 0 Å². The van der Waals surface area contributed by atoms with Crippen molar-refractivity contribution < 1.29 is 4.79 Å². The highest BCUT2D eigenvalue weighted by Crippen LogP contribution is 2.16. The Bertz CT molecular complexity index is 586. The molecule has 2 rings (SSSR count). The van der Waals surface area contributed by atoms with Crippen LogP contribution in [0.5, 0.6) is 0 Å². The summed E-state index contributed by atoms with van der Waals surface area (Å²) in [4.78, 5) is 12.5. The lowest BCUT2D eigenvalue weighted by Crippen LogP contribution is -2.03. The maximum absolute atomic E-state index is 12.5. The summed E-state index contributed by atoms with van der Waals surface area (Å²) < 4.78 is 0. The summed E-state index contributed by atoms with van der Waals surface area (Å²) in [7, 11) is 0. The highest BCUT2D eigenvalue weighted by atomic mass is 16.1. The molecule has 20 heavy (non-hydrogen) atoms. The van der Waals surface area contributed by atoms with Crippen molar-refractivity contribution in [2.24, 2.45) is 5.92 Å². The fourth-order valence-corrected chi connectivity index (χ4v) is 2.54. The predicted molar refractivity (Wildman–Crippen MR) is 84.3 cm³/mol. The maximum Gasteiger partial charge on any atom is 0.193 e. The Labute approximate surface area is 121 Å². The van der Waals surface area contributed by atoms with Gasteiger partial charge in [-0.3, -0.25) is 4.79 Å². The fraction of sp³-hybridized carbons (Fsp3) is 0.316. The molecule has 0 aliphatic rings. The standard InChI is InChI=1S/C19H22O/c1-13(2)9-16-5-7-17(8-6-16)19(20)18-11-14(3)10-15(4)12-18/h5-8,10-13H,9H2,1-4H3. The molecule has 0 saturated carbocycles. The predicted octanol–water partition coefficient (Wildman–Crippen LogP) is 4.73. The van der Waals surface area contributed by atoms with E-state index in [1.165, 1.54) is 5.56 Å². The molecule has 0 N–H and O–H groups in total. The van der Waals surface area contributed by atoms with Crippen LogP contribution >= 0.6 is 0 Å². The number of rotatable bonds is 4. The second kappa shape index (κ2) is 6.04. The quantitative estimate of drug-likeness (QED) is 0.731. The Morgan fingerprint density at radius 1 is 0.900 bits per heavy atom. The maximum atomic E-state index is 12.5. The van der Waals surface area contributed by atoms with Crippen molar-refractivity contribution in [1.29, 1.82) is 0 Å². The molecule has 0 spiro atoms. The molecule has 0 aromatic heterocycles. The van der Waals surface area contributed by atoms with Crippen LogP contribution in [0.3, 0.4) is 0 Å². The number of hydrogen-bond acceptors (Lipinski definition) is 1. The lowest BCUT2D eigenvalue weighted by atomic mass is 9.97. The zero-order valence-corrected chi connectivity index (χ0v) is 12.7. The number of hydrogen-bond donors (Lipinski definition) is 0. The Hall–Kier alpha value is -1.89. The van der Waals surface area contributed by atoms with Gasteiger partial charge in [-0.15, -0.1) is 0 Å². The highest BCUT2D eigenvalue weighted by molar-refractivity contribution is 6.09. The van der Waals surface area contributed by atoms with Crippen molar-refractivity contribution >= 4 is 5.78 Å². The molecular weight excluding hydrogens is 244 g/mol. The summed E-state index contributed by atoms with van der Waals surface area (Å²) >= 11 is 0. The third-order valence-electron chi connectivity index (χ3n) is 3.34. The van der Waals surface area contributed by atoms with E-state index in [1.807, 2.05) is 38.1 Å². The Morgan fingerprint density at radius 3 is 1.95 bits per heavy atom. The molecule has 104 valence electrons. The largest absolute Gasteiger partial charge is 0.289 e. The first-order chi connectivity index (χ1) is 9.45. The minimum atomic E-state index is 0.105. The van der Waals surface area contributed by atoms with Gasteiger partial charge < -0.3 is 0 Å². The topological polar surface area (TPSA) is 17.1 Å². The first-order valence-corrected chi connectivity index (χ1v) is 7.17. The van der Waals surface area contributed by atoms with Gasteiger partial charge in [-0.1, -0.05) is 55.3 Å². The molecule has 1 nitrogen and oxygen atoms in total. The van der Waals surface area contributed by atoms with Gasteiger partial charge in [-0.25, -0.2) is 0 Å². The number of ketones is 1. The summed E-state index contributed by atoms with van der Waals surface area (Å²) in [6, 6.07) is 14.0. The summed E-state index contributed by atoms with van der Waals surface area (Å²) in [5, 5.41) is 0.